The van der Waals surface area contributed by atoms with E-state index in [1.54, 1.807) is 12.1 Å². The molecule has 1 aliphatic rings. The molecule has 0 saturated carbocycles. The van der Waals surface area contributed by atoms with Crippen LogP contribution in [-0.2, 0) is 17.9 Å². The lowest BCUT2D eigenvalue weighted by molar-refractivity contribution is -0.141. The highest BCUT2D eigenvalue weighted by Crippen LogP contribution is 2.34. The van der Waals surface area contributed by atoms with Gasteiger partial charge in [0.1, 0.15) is 11.6 Å². The second-order valence-corrected chi connectivity index (χ2v) is 6.83. The van der Waals surface area contributed by atoms with E-state index in [0.717, 1.165) is 16.7 Å². The lowest BCUT2D eigenvalue weighted by Crippen LogP contribution is -2.23. The first-order valence-electron chi connectivity index (χ1n) is 9.08. The maximum Gasteiger partial charge on any atom is 0.308 e. The van der Waals surface area contributed by atoms with Crippen LogP contribution in [-0.4, -0.2) is 40.8 Å². The summed E-state index contributed by atoms with van der Waals surface area (Å²) in [6, 6.07) is 11.7. The zero-order chi connectivity index (χ0) is 19.4. The number of halogens is 1. The van der Waals surface area contributed by atoms with Gasteiger partial charge in [0.25, 0.3) is 0 Å². The van der Waals surface area contributed by atoms with Crippen molar-refractivity contribution in [1.29, 1.82) is 0 Å². The molecule has 2 aromatic rings. The van der Waals surface area contributed by atoms with Crippen LogP contribution in [0.1, 0.15) is 29.5 Å². The van der Waals surface area contributed by atoms with Gasteiger partial charge in [-0.3, -0.25) is 9.69 Å². The number of ether oxygens (including phenoxy) is 1. The first-order valence-corrected chi connectivity index (χ1v) is 9.08. The van der Waals surface area contributed by atoms with Crippen LogP contribution in [0.15, 0.2) is 42.5 Å². The lowest BCUT2D eigenvalue weighted by Gasteiger charge is -2.17. The number of benzene rings is 2. The first kappa shape index (κ1) is 19.3. The van der Waals surface area contributed by atoms with Crippen LogP contribution >= 0.6 is 0 Å². The predicted molar refractivity (Wildman–Crippen MR) is 99.1 cm³/mol. The summed E-state index contributed by atoms with van der Waals surface area (Å²) in [7, 11) is 0. The van der Waals surface area contributed by atoms with Gasteiger partial charge in [0.15, 0.2) is 0 Å². The summed E-state index contributed by atoms with van der Waals surface area (Å²) in [6.45, 7) is 3.91. The summed E-state index contributed by atoms with van der Waals surface area (Å²) in [5, 5.41) is 19.2. The number of carboxylic acid groups (broad SMARTS) is 1. The average Bonchev–Trinajstić information content (AvgIpc) is 3.08. The van der Waals surface area contributed by atoms with Crippen LogP contribution < -0.4 is 4.74 Å². The number of rotatable bonds is 7. The smallest absolute Gasteiger partial charge is 0.308 e. The van der Waals surface area contributed by atoms with Gasteiger partial charge in [-0.2, -0.15) is 0 Å². The number of aliphatic hydroxyl groups is 1. The van der Waals surface area contributed by atoms with Crippen LogP contribution in [0.25, 0.3) is 0 Å². The fraction of sp³-hybridized carbons (Fsp3) is 0.381. The largest absolute Gasteiger partial charge is 0.494 e. The van der Waals surface area contributed by atoms with Crippen molar-refractivity contribution in [3.8, 4) is 5.75 Å². The number of aliphatic hydroxyl groups excluding tert-OH is 1. The molecule has 1 aliphatic heterocycles. The molecule has 0 radical (unpaired) electrons. The number of aliphatic carboxylic acids is 1. The molecule has 2 N–H and O–H groups in total. The molecule has 0 bridgehead atoms. The SMILES string of the molecule is CCOc1ccc(CN2C[C@H](C(=O)O)[C@@H](c3ccc(F)cc3)C2)cc1CO. The third-order valence-electron chi connectivity index (χ3n) is 5.01. The quantitative estimate of drug-likeness (QED) is 0.781. The summed E-state index contributed by atoms with van der Waals surface area (Å²) < 4.78 is 18.7. The minimum atomic E-state index is -0.838. The molecule has 5 nitrogen and oxygen atoms in total. The first-order chi connectivity index (χ1) is 13.0. The highest BCUT2D eigenvalue weighted by Gasteiger charge is 2.38. The summed E-state index contributed by atoms with van der Waals surface area (Å²) in [5.41, 5.74) is 2.55. The molecule has 0 aromatic heterocycles. The van der Waals surface area contributed by atoms with Crippen LogP contribution in [0.5, 0.6) is 5.75 Å². The van der Waals surface area contributed by atoms with Crippen molar-refractivity contribution in [3.05, 3.63) is 65.0 Å². The fourth-order valence-corrected chi connectivity index (χ4v) is 3.72. The Morgan fingerprint density at radius 1 is 1.22 bits per heavy atom. The van der Waals surface area contributed by atoms with Gasteiger partial charge in [-0.25, -0.2) is 4.39 Å². The highest BCUT2D eigenvalue weighted by atomic mass is 19.1. The number of carboxylic acids is 1. The van der Waals surface area contributed by atoms with E-state index >= 15 is 0 Å². The number of hydrogen-bond donors (Lipinski definition) is 2. The number of likely N-dealkylation sites (tertiary alicyclic amines) is 1. The summed E-state index contributed by atoms with van der Waals surface area (Å²) in [4.78, 5) is 13.8. The molecular weight excluding hydrogens is 349 g/mol. The fourth-order valence-electron chi connectivity index (χ4n) is 3.72. The number of carbonyl (C=O) groups is 1. The zero-order valence-electron chi connectivity index (χ0n) is 15.3. The van der Waals surface area contributed by atoms with Gasteiger partial charge in [-0.05, 0) is 42.3 Å². The molecular formula is C21H24FNO4. The second-order valence-electron chi connectivity index (χ2n) is 6.83. The van der Waals surface area contributed by atoms with E-state index in [2.05, 4.69) is 4.90 Å². The van der Waals surface area contributed by atoms with E-state index in [0.29, 0.717) is 32.0 Å². The van der Waals surface area contributed by atoms with Crippen molar-refractivity contribution in [2.24, 2.45) is 5.92 Å². The third-order valence-corrected chi connectivity index (χ3v) is 5.01. The van der Waals surface area contributed by atoms with E-state index in [1.807, 2.05) is 25.1 Å². The van der Waals surface area contributed by atoms with Crippen molar-refractivity contribution in [3.63, 3.8) is 0 Å². The molecule has 1 saturated heterocycles. The molecule has 27 heavy (non-hydrogen) atoms. The Labute approximate surface area is 158 Å². The van der Waals surface area contributed by atoms with Gasteiger partial charge in [-0.15, -0.1) is 0 Å². The summed E-state index contributed by atoms with van der Waals surface area (Å²) >= 11 is 0. The summed E-state index contributed by atoms with van der Waals surface area (Å²) in [5.74, 6) is -1.21. The molecule has 0 aliphatic carbocycles. The normalized spacial score (nSPS) is 20.0. The van der Waals surface area contributed by atoms with Gasteiger partial charge in [-0.1, -0.05) is 18.2 Å². The Hall–Kier alpha value is -2.44. The Balaban J connectivity index is 1.76. The lowest BCUT2D eigenvalue weighted by atomic mass is 9.89. The molecule has 0 unspecified atom stereocenters. The average molecular weight is 373 g/mol. The highest BCUT2D eigenvalue weighted by molar-refractivity contribution is 5.72. The Kier molecular flexibility index (Phi) is 6.08. The van der Waals surface area contributed by atoms with Crippen LogP contribution in [0.2, 0.25) is 0 Å². The minimum absolute atomic E-state index is 0.112. The van der Waals surface area contributed by atoms with E-state index in [1.165, 1.54) is 12.1 Å². The standard InChI is InChI=1S/C21H24FNO4/c1-2-27-20-8-3-14(9-16(20)13-24)10-23-11-18(19(12-23)21(25)26)15-4-6-17(22)7-5-15/h3-9,18-19,24H,2,10-13H2,1H3,(H,25,26)/t18-,19+/m1/s1. The summed E-state index contributed by atoms with van der Waals surface area (Å²) in [6.07, 6.45) is 0. The Morgan fingerprint density at radius 2 is 1.96 bits per heavy atom. The van der Waals surface area contributed by atoms with Crippen LogP contribution in [0.4, 0.5) is 4.39 Å². The minimum Gasteiger partial charge on any atom is -0.494 e. The van der Waals surface area contributed by atoms with Crippen LogP contribution in [0.3, 0.4) is 0 Å². The molecule has 3 rings (SSSR count). The van der Waals surface area contributed by atoms with Crippen LogP contribution in [0, 0.1) is 11.7 Å². The van der Waals surface area contributed by atoms with Gasteiger partial charge in [0.2, 0.25) is 0 Å². The van der Waals surface area contributed by atoms with Gasteiger partial charge in [0.05, 0.1) is 19.1 Å². The molecule has 1 fully saturated rings. The monoisotopic (exact) mass is 373 g/mol. The maximum absolute atomic E-state index is 13.2. The van der Waals surface area contributed by atoms with E-state index in [9.17, 15) is 19.4 Å². The molecule has 6 heteroatoms. The van der Waals surface area contributed by atoms with Gasteiger partial charge < -0.3 is 14.9 Å². The number of nitrogens with zero attached hydrogens (tertiary/aromatic N) is 1. The maximum atomic E-state index is 13.2. The predicted octanol–water partition coefficient (Wildman–Crippen LogP) is 3.02. The van der Waals surface area contributed by atoms with Crippen molar-refractivity contribution in [2.75, 3.05) is 19.7 Å². The molecule has 2 aromatic carbocycles. The van der Waals surface area contributed by atoms with Crippen molar-refractivity contribution >= 4 is 5.97 Å². The zero-order valence-corrected chi connectivity index (χ0v) is 15.3. The van der Waals surface area contributed by atoms with E-state index in [4.69, 9.17) is 4.74 Å². The third kappa shape index (κ3) is 4.46. The molecule has 0 spiro atoms. The van der Waals surface area contributed by atoms with Crippen molar-refractivity contribution in [2.45, 2.75) is 26.0 Å². The van der Waals surface area contributed by atoms with Gasteiger partial charge in [0, 0.05) is 31.1 Å². The molecule has 0 amide bonds. The molecule has 1 heterocycles. The second kappa shape index (κ2) is 8.50. The van der Waals surface area contributed by atoms with Gasteiger partial charge >= 0.3 is 5.97 Å². The number of hydrogen-bond acceptors (Lipinski definition) is 4. The van der Waals surface area contributed by atoms with Crippen molar-refractivity contribution in [1.82, 2.24) is 4.90 Å². The van der Waals surface area contributed by atoms with E-state index < -0.39 is 11.9 Å². The molecule has 144 valence electrons. The van der Waals surface area contributed by atoms with Crippen molar-refractivity contribution < 1.29 is 24.1 Å². The van der Waals surface area contributed by atoms with E-state index in [-0.39, 0.29) is 18.3 Å². The topological polar surface area (TPSA) is 70.0 Å². The molecule has 2 atom stereocenters. The Morgan fingerprint density at radius 3 is 2.59 bits per heavy atom. The Bertz CT molecular complexity index is 793.